The summed E-state index contributed by atoms with van der Waals surface area (Å²) in [5.41, 5.74) is 3.42. The van der Waals surface area contributed by atoms with Crippen LogP contribution in [0, 0.1) is 5.92 Å². The van der Waals surface area contributed by atoms with E-state index in [1.807, 2.05) is 97.4 Å². The van der Waals surface area contributed by atoms with Gasteiger partial charge in [0, 0.05) is 31.3 Å². The molecule has 188 valence electrons. The average molecular weight is 493 g/mol. The molecule has 0 unspecified atom stereocenters. The quantitative estimate of drug-likeness (QED) is 0.434. The first kappa shape index (κ1) is 25.2. The van der Waals surface area contributed by atoms with E-state index in [1.165, 1.54) is 0 Å². The first-order valence-corrected chi connectivity index (χ1v) is 11.7. The highest BCUT2D eigenvalue weighted by Gasteiger charge is 2.37. The van der Waals surface area contributed by atoms with Crippen molar-refractivity contribution in [2.45, 2.75) is 38.8 Å². The number of alkyl halides is 2. The minimum absolute atomic E-state index is 0.176. The van der Waals surface area contributed by atoms with Gasteiger partial charge in [-0.3, -0.25) is 4.79 Å². The highest BCUT2D eigenvalue weighted by molar-refractivity contribution is 5.84. The van der Waals surface area contributed by atoms with Gasteiger partial charge < -0.3 is 15.0 Å². The number of carbonyl (C=O) groups excluding carboxylic acids is 1. The van der Waals surface area contributed by atoms with Crippen molar-refractivity contribution >= 4 is 22.5 Å². The van der Waals surface area contributed by atoms with Crippen molar-refractivity contribution in [1.29, 1.82) is 0 Å². The molecule has 3 aromatic rings. The number of hydrogen-bond donors (Lipinski definition) is 1. The van der Waals surface area contributed by atoms with E-state index in [0.717, 1.165) is 27.9 Å². The molecule has 8 heteroatoms. The number of hydrogen-bond acceptors (Lipinski definition) is 4. The van der Waals surface area contributed by atoms with Crippen molar-refractivity contribution in [2.75, 3.05) is 7.05 Å². The number of nitrogens with zero attached hydrogens (tertiary/aromatic N) is 3. The largest absolute Gasteiger partial charge is 0.484 e. The van der Waals surface area contributed by atoms with Gasteiger partial charge in [-0.1, -0.05) is 50.8 Å². The summed E-state index contributed by atoms with van der Waals surface area (Å²) in [6, 6.07) is 14.2. The minimum Gasteiger partial charge on any atom is -0.484 e. The van der Waals surface area contributed by atoms with Crippen LogP contribution in [-0.4, -0.2) is 39.6 Å². The lowest BCUT2D eigenvalue weighted by atomic mass is 9.92. The molecule has 0 aliphatic carbocycles. The molecular weight excluding hydrogens is 462 g/mol. The number of benzene rings is 2. The normalized spacial score (nSPS) is 15.7. The van der Waals surface area contributed by atoms with Crippen molar-refractivity contribution in [3.05, 3.63) is 90.9 Å². The first-order chi connectivity index (χ1) is 17.0. The molecule has 6 nitrogen and oxygen atoms in total. The number of fused-ring (bicyclic) bond motifs is 1. The monoisotopic (exact) mass is 492 g/mol. The molecule has 1 aliphatic rings. The third-order valence-electron chi connectivity index (χ3n) is 6.14. The van der Waals surface area contributed by atoms with Crippen molar-refractivity contribution in [3.8, 4) is 5.75 Å². The van der Waals surface area contributed by atoms with Gasteiger partial charge in [-0.15, -0.1) is 0 Å². The van der Waals surface area contributed by atoms with Crippen LogP contribution < -0.4 is 10.1 Å². The van der Waals surface area contributed by atoms with Crippen LogP contribution in [0.3, 0.4) is 0 Å². The van der Waals surface area contributed by atoms with Gasteiger partial charge in [0.05, 0.1) is 23.5 Å². The van der Waals surface area contributed by atoms with Crippen LogP contribution in [0.25, 0.3) is 16.6 Å². The van der Waals surface area contributed by atoms with Crippen molar-refractivity contribution in [2.24, 2.45) is 5.92 Å². The molecule has 1 N–H and O–H groups in total. The second-order valence-corrected chi connectivity index (χ2v) is 9.35. The van der Waals surface area contributed by atoms with Crippen molar-refractivity contribution in [1.82, 2.24) is 20.0 Å². The highest BCUT2D eigenvalue weighted by Crippen LogP contribution is 2.32. The molecule has 1 aromatic heterocycles. The van der Waals surface area contributed by atoms with Gasteiger partial charge in [0.2, 0.25) is 0 Å². The summed E-state index contributed by atoms with van der Waals surface area (Å²) in [6.07, 6.45) is 6.88. The molecule has 2 aromatic carbocycles. The first-order valence-electron chi connectivity index (χ1n) is 11.7. The summed E-state index contributed by atoms with van der Waals surface area (Å²) < 4.78 is 35.7. The number of carbonyl (C=O) groups is 1. The summed E-state index contributed by atoms with van der Waals surface area (Å²) in [5.74, 6) is -4.46. The molecule has 2 atom stereocenters. The van der Waals surface area contributed by atoms with Crippen molar-refractivity contribution in [3.63, 3.8) is 0 Å². The third-order valence-corrected chi connectivity index (χ3v) is 6.14. The SMILES string of the molecule is C=C1C=CC(n2ncc3cc(O[C@H](c4ccccc4)[C@@H](NC(=O)C(C)(F)F)C(C)C)ccc32)=CN1C. The summed E-state index contributed by atoms with van der Waals surface area (Å²) in [5, 5.41) is 7.89. The Morgan fingerprint density at radius 2 is 1.86 bits per heavy atom. The maximum absolute atomic E-state index is 13.7. The Hall–Kier alpha value is -3.94. The maximum Gasteiger partial charge on any atom is 0.321 e. The topological polar surface area (TPSA) is 59.4 Å². The average Bonchev–Trinajstić information content (AvgIpc) is 3.26. The van der Waals surface area contributed by atoms with E-state index < -0.39 is 24.0 Å². The fourth-order valence-corrected chi connectivity index (χ4v) is 4.05. The van der Waals surface area contributed by atoms with Crippen LogP contribution in [0.2, 0.25) is 0 Å². The van der Waals surface area contributed by atoms with Gasteiger partial charge >= 0.3 is 5.92 Å². The molecule has 4 rings (SSSR count). The molecule has 0 saturated heterocycles. The van der Waals surface area contributed by atoms with E-state index in [1.54, 1.807) is 6.20 Å². The Labute approximate surface area is 209 Å². The predicted octanol–water partition coefficient (Wildman–Crippen LogP) is 5.77. The van der Waals surface area contributed by atoms with Crippen molar-refractivity contribution < 1.29 is 18.3 Å². The van der Waals surface area contributed by atoms with Gasteiger partial charge in [0.25, 0.3) is 5.91 Å². The summed E-state index contributed by atoms with van der Waals surface area (Å²) in [7, 11) is 1.92. The number of aromatic nitrogens is 2. The zero-order chi connectivity index (χ0) is 26.0. The Morgan fingerprint density at radius 3 is 2.50 bits per heavy atom. The zero-order valence-electron chi connectivity index (χ0n) is 20.8. The van der Waals surface area contributed by atoms with Crippen LogP contribution in [0.4, 0.5) is 8.78 Å². The Balaban J connectivity index is 1.67. The molecular formula is C28H30F2N4O2. The lowest BCUT2D eigenvalue weighted by molar-refractivity contribution is -0.145. The molecule has 0 bridgehead atoms. The molecule has 0 saturated carbocycles. The number of amides is 1. The zero-order valence-corrected chi connectivity index (χ0v) is 20.8. The molecule has 36 heavy (non-hydrogen) atoms. The van der Waals surface area contributed by atoms with Gasteiger partial charge in [0.1, 0.15) is 11.9 Å². The molecule has 2 heterocycles. The minimum atomic E-state index is -3.50. The predicted molar refractivity (Wildman–Crippen MR) is 137 cm³/mol. The molecule has 0 fully saturated rings. The third kappa shape index (κ3) is 5.32. The summed E-state index contributed by atoms with van der Waals surface area (Å²) in [6.45, 7) is 8.29. The fraction of sp³-hybridized carbons (Fsp3) is 0.286. The smallest absolute Gasteiger partial charge is 0.321 e. The maximum atomic E-state index is 13.7. The van der Waals surface area contributed by atoms with E-state index >= 15 is 0 Å². The number of ether oxygens (including phenoxy) is 1. The second-order valence-electron chi connectivity index (χ2n) is 9.35. The highest BCUT2D eigenvalue weighted by atomic mass is 19.3. The lowest BCUT2D eigenvalue weighted by Crippen LogP contribution is -2.49. The number of nitrogens with one attached hydrogen (secondary N) is 1. The molecule has 0 spiro atoms. The second kappa shape index (κ2) is 9.97. The van der Waals surface area contributed by atoms with E-state index in [0.29, 0.717) is 12.7 Å². The van der Waals surface area contributed by atoms with Gasteiger partial charge in [-0.25, -0.2) is 4.68 Å². The van der Waals surface area contributed by atoms with E-state index in [2.05, 4.69) is 17.0 Å². The lowest BCUT2D eigenvalue weighted by Gasteiger charge is -2.32. The molecule has 1 amide bonds. The van der Waals surface area contributed by atoms with Crippen LogP contribution in [-0.2, 0) is 4.79 Å². The summed E-state index contributed by atoms with van der Waals surface area (Å²) in [4.78, 5) is 14.1. The van der Waals surface area contributed by atoms with E-state index in [-0.39, 0.29) is 5.92 Å². The Kier molecular flexibility index (Phi) is 6.97. The number of likely N-dealkylation sites (N-methyl/N-ethyl adjacent to an activating group) is 1. The van der Waals surface area contributed by atoms with Gasteiger partial charge in [-0.05, 0) is 41.8 Å². The van der Waals surface area contributed by atoms with Gasteiger partial charge in [-0.2, -0.15) is 13.9 Å². The van der Waals surface area contributed by atoms with Crippen LogP contribution >= 0.6 is 0 Å². The Morgan fingerprint density at radius 1 is 1.14 bits per heavy atom. The van der Waals surface area contributed by atoms with Gasteiger partial charge in [0.15, 0.2) is 0 Å². The van der Waals surface area contributed by atoms with E-state index in [9.17, 15) is 13.6 Å². The van der Waals surface area contributed by atoms with E-state index in [4.69, 9.17) is 4.74 Å². The summed E-state index contributed by atoms with van der Waals surface area (Å²) >= 11 is 0. The molecule has 1 aliphatic heterocycles. The van der Waals surface area contributed by atoms with Crippen LogP contribution in [0.1, 0.15) is 32.4 Å². The Bertz CT molecular complexity index is 1320. The number of rotatable bonds is 8. The standard InChI is InChI=1S/C28H30F2N4O2/c1-18(2)25(32-27(35)28(4,29)30)26(20-9-7-6-8-10-20)36-23-13-14-24-21(15-23)16-31-34(24)22-12-11-19(3)33(5)17-22/h6-18,25-26H,3H2,1-2,4-5H3,(H,32,35)/t25-,26+/m0/s1. The number of allylic oxidation sites excluding steroid dienone is 3. The number of halogens is 2. The molecule has 0 radical (unpaired) electrons. The fourth-order valence-electron chi connectivity index (χ4n) is 4.05. The van der Waals surface area contributed by atoms with Crippen LogP contribution in [0.5, 0.6) is 5.75 Å². The van der Waals surface area contributed by atoms with Crippen LogP contribution in [0.15, 0.2) is 85.4 Å².